The minimum Gasteiger partial charge on any atom is -0.497 e. The number of hydrogen-bond acceptors (Lipinski definition) is 5. The molecule has 3 aromatic rings. The molecule has 0 radical (unpaired) electrons. The average Bonchev–Trinajstić information content (AvgIpc) is 3.09. The summed E-state index contributed by atoms with van der Waals surface area (Å²) in [6.45, 7) is -0.0474. The quantitative estimate of drug-likeness (QED) is 0.667. The van der Waals surface area contributed by atoms with E-state index < -0.39 is 11.7 Å². The van der Waals surface area contributed by atoms with Gasteiger partial charge in [-0.3, -0.25) is 0 Å². The van der Waals surface area contributed by atoms with Gasteiger partial charge in [0.15, 0.2) is 0 Å². The van der Waals surface area contributed by atoms with Crippen molar-refractivity contribution in [2.24, 2.45) is 0 Å². The second kappa shape index (κ2) is 7.20. The summed E-state index contributed by atoms with van der Waals surface area (Å²) in [5.74, 6) is 0.596. The Morgan fingerprint density at radius 3 is 2.54 bits per heavy atom. The predicted octanol–water partition coefficient (Wildman–Crippen LogP) is 3.92. The molecule has 0 fully saturated rings. The Kier molecular flexibility index (Phi) is 4.99. The van der Waals surface area contributed by atoms with Gasteiger partial charge in [0.05, 0.1) is 24.6 Å². The second-order valence-electron chi connectivity index (χ2n) is 5.15. The highest BCUT2D eigenvalue weighted by atomic mass is 35.5. The third-order valence-corrected chi connectivity index (χ3v) is 3.64. The maximum absolute atomic E-state index is 12.6. The van der Waals surface area contributed by atoms with E-state index in [4.69, 9.17) is 21.1 Å². The summed E-state index contributed by atoms with van der Waals surface area (Å²) in [4.78, 5) is 3.60. The van der Waals surface area contributed by atoms with Crippen molar-refractivity contribution in [2.75, 3.05) is 7.11 Å². The Labute approximate surface area is 151 Å². The van der Waals surface area contributed by atoms with E-state index in [2.05, 4.69) is 15.3 Å². The van der Waals surface area contributed by atoms with Crippen molar-refractivity contribution < 1.29 is 22.6 Å². The number of benzene rings is 1. The molecule has 3 rings (SSSR count). The molecule has 0 saturated carbocycles. The number of nitrogens with zero attached hydrogens (tertiary/aromatic N) is 4. The minimum atomic E-state index is -4.52. The monoisotopic (exact) mass is 384 g/mol. The second-order valence-corrected chi connectivity index (χ2v) is 5.56. The molecule has 10 heteroatoms. The summed E-state index contributed by atoms with van der Waals surface area (Å²) < 4.78 is 49.7. The van der Waals surface area contributed by atoms with Crippen LogP contribution >= 0.6 is 11.6 Å². The number of methoxy groups -OCH3 is 1. The maximum atomic E-state index is 12.6. The van der Waals surface area contributed by atoms with Crippen molar-refractivity contribution >= 4 is 11.6 Å². The highest BCUT2D eigenvalue weighted by molar-refractivity contribution is 6.31. The first-order valence-corrected chi connectivity index (χ1v) is 7.66. The van der Waals surface area contributed by atoms with E-state index in [1.54, 1.807) is 37.6 Å². The van der Waals surface area contributed by atoms with E-state index in [9.17, 15) is 13.2 Å². The van der Waals surface area contributed by atoms with Gasteiger partial charge in [-0.15, -0.1) is 5.10 Å². The van der Waals surface area contributed by atoms with E-state index >= 15 is 0 Å². The van der Waals surface area contributed by atoms with Gasteiger partial charge in [-0.25, -0.2) is 9.67 Å². The van der Waals surface area contributed by atoms with Gasteiger partial charge in [-0.05, 0) is 30.3 Å². The summed E-state index contributed by atoms with van der Waals surface area (Å²) >= 11 is 5.79. The third-order valence-electron chi connectivity index (χ3n) is 3.37. The molecule has 0 amide bonds. The van der Waals surface area contributed by atoms with Crippen LogP contribution in [0.2, 0.25) is 5.02 Å². The first kappa shape index (κ1) is 18.0. The fraction of sp³-hybridized carbons (Fsp3) is 0.188. The molecule has 0 unspecified atom stereocenters. The van der Waals surface area contributed by atoms with Crippen molar-refractivity contribution in [1.82, 2.24) is 20.0 Å². The normalized spacial score (nSPS) is 11.4. The van der Waals surface area contributed by atoms with Crippen LogP contribution in [-0.4, -0.2) is 27.1 Å². The van der Waals surface area contributed by atoms with Crippen LogP contribution in [0.15, 0.2) is 42.7 Å². The summed E-state index contributed by atoms with van der Waals surface area (Å²) in [5, 5.41) is 7.68. The molecular weight excluding hydrogens is 373 g/mol. The van der Waals surface area contributed by atoms with Crippen LogP contribution in [0.3, 0.4) is 0 Å². The van der Waals surface area contributed by atoms with Gasteiger partial charge >= 0.3 is 6.18 Å². The smallest absolute Gasteiger partial charge is 0.417 e. The number of rotatable bonds is 5. The average molecular weight is 385 g/mol. The standard InChI is InChI=1S/C16H12ClF3N4O2/c1-25-13-4-2-12(3-5-13)24-8-11(22-23-24)9-26-15-14(17)6-10(7-21-15)16(18,19)20/h2-8H,9H2,1H3. The minimum absolute atomic E-state index is 0.0474. The van der Waals surface area contributed by atoms with Crippen LogP contribution < -0.4 is 9.47 Å². The molecule has 0 N–H and O–H groups in total. The van der Waals surface area contributed by atoms with Crippen LogP contribution in [0.4, 0.5) is 13.2 Å². The number of aromatic nitrogens is 4. The van der Waals surface area contributed by atoms with Crippen LogP contribution in [0.25, 0.3) is 5.69 Å². The van der Waals surface area contributed by atoms with Gasteiger partial charge < -0.3 is 9.47 Å². The molecule has 0 aliphatic carbocycles. The lowest BCUT2D eigenvalue weighted by Gasteiger charge is -2.09. The largest absolute Gasteiger partial charge is 0.497 e. The molecule has 0 spiro atoms. The fourth-order valence-electron chi connectivity index (χ4n) is 2.05. The van der Waals surface area contributed by atoms with E-state index in [1.807, 2.05) is 0 Å². The summed E-state index contributed by atoms with van der Waals surface area (Å²) in [7, 11) is 1.57. The fourth-order valence-corrected chi connectivity index (χ4v) is 2.28. The van der Waals surface area contributed by atoms with Crippen molar-refractivity contribution in [2.45, 2.75) is 12.8 Å². The van der Waals surface area contributed by atoms with Crippen molar-refractivity contribution in [1.29, 1.82) is 0 Å². The zero-order valence-electron chi connectivity index (χ0n) is 13.4. The molecule has 1 aromatic carbocycles. The Hall–Kier alpha value is -2.81. The molecular formula is C16H12ClF3N4O2. The predicted molar refractivity (Wildman–Crippen MR) is 86.5 cm³/mol. The zero-order valence-corrected chi connectivity index (χ0v) is 14.1. The van der Waals surface area contributed by atoms with Crippen LogP contribution in [-0.2, 0) is 12.8 Å². The molecule has 0 aliphatic heterocycles. The van der Waals surface area contributed by atoms with E-state index in [0.717, 1.165) is 11.8 Å². The van der Waals surface area contributed by atoms with Gasteiger partial charge in [0, 0.05) is 6.20 Å². The lowest BCUT2D eigenvalue weighted by molar-refractivity contribution is -0.137. The van der Waals surface area contributed by atoms with Gasteiger partial charge in [-0.2, -0.15) is 13.2 Å². The van der Waals surface area contributed by atoms with Crippen LogP contribution in [0, 0.1) is 0 Å². The molecule has 0 bridgehead atoms. The number of alkyl halides is 3. The maximum Gasteiger partial charge on any atom is 0.417 e. The van der Waals surface area contributed by atoms with Crippen molar-refractivity contribution in [3.8, 4) is 17.3 Å². The Balaban J connectivity index is 1.68. The number of pyridine rings is 1. The SMILES string of the molecule is COc1ccc(-n2cc(COc3ncc(C(F)(F)F)cc3Cl)nn2)cc1. The van der Waals surface area contributed by atoms with Gasteiger partial charge in [0.2, 0.25) is 5.88 Å². The molecule has 136 valence electrons. The zero-order chi connectivity index (χ0) is 18.7. The first-order chi connectivity index (χ1) is 12.4. The topological polar surface area (TPSA) is 62.1 Å². The highest BCUT2D eigenvalue weighted by Crippen LogP contribution is 2.33. The Morgan fingerprint density at radius 2 is 1.92 bits per heavy atom. The van der Waals surface area contributed by atoms with Crippen LogP contribution in [0.1, 0.15) is 11.3 Å². The Bertz CT molecular complexity index is 897. The lowest BCUT2D eigenvalue weighted by Crippen LogP contribution is -2.06. The highest BCUT2D eigenvalue weighted by Gasteiger charge is 2.31. The number of hydrogen-bond donors (Lipinski definition) is 0. The van der Waals surface area contributed by atoms with Crippen molar-refractivity contribution in [3.63, 3.8) is 0 Å². The molecule has 2 aromatic heterocycles. The number of ether oxygens (including phenoxy) is 2. The summed E-state index contributed by atoms with van der Waals surface area (Å²) in [5.41, 5.74) is 0.272. The molecule has 0 aliphatic rings. The Morgan fingerprint density at radius 1 is 1.19 bits per heavy atom. The molecule has 6 nitrogen and oxygen atoms in total. The van der Waals surface area contributed by atoms with Gasteiger partial charge in [0.1, 0.15) is 23.1 Å². The molecule has 26 heavy (non-hydrogen) atoms. The molecule has 2 heterocycles. The summed E-state index contributed by atoms with van der Waals surface area (Å²) in [6.07, 6.45) is -2.23. The summed E-state index contributed by atoms with van der Waals surface area (Å²) in [6, 6.07) is 7.91. The van der Waals surface area contributed by atoms with E-state index in [0.29, 0.717) is 17.6 Å². The van der Waals surface area contributed by atoms with Gasteiger partial charge in [-0.1, -0.05) is 16.8 Å². The lowest BCUT2D eigenvalue weighted by atomic mass is 10.3. The van der Waals surface area contributed by atoms with Gasteiger partial charge in [0.25, 0.3) is 0 Å². The molecule has 0 atom stereocenters. The van der Waals surface area contributed by atoms with Crippen molar-refractivity contribution in [3.05, 3.63) is 59.0 Å². The van der Waals surface area contributed by atoms with E-state index in [1.165, 1.54) is 4.68 Å². The van der Waals surface area contributed by atoms with E-state index in [-0.39, 0.29) is 17.5 Å². The van der Waals surface area contributed by atoms with Crippen LogP contribution in [0.5, 0.6) is 11.6 Å². The first-order valence-electron chi connectivity index (χ1n) is 7.28. The number of halogens is 4. The molecule has 0 saturated heterocycles. The third kappa shape index (κ3) is 4.05.